The van der Waals surface area contributed by atoms with Gasteiger partial charge in [-0.2, -0.15) is 0 Å². The second kappa shape index (κ2) is 12.8. The molecule has 2 heterocycles. The van der Waals surface area contributed by atoms with Crippen LogP contribution in [0.2, 0.25) is 0 Å². The Morgan fingerprint density at radius 2 is 0.618 bits per heavy atom. The molecule has 0 bridgehead atoms. The molecule has 0 saturated heterocycles. The van der Waals surface area contributed by atoms with Crippen LogP contribution in [-0.2, 0) is 0 Å². The molecule has 0 amide bonds. The Bertz CT molecular complexity index is 3150. The van der Waals surface area contributed by atoms with Gasteiger partial charge in [-0.25, -0.2) is 15.0 Å². The minimum absolute atomic E-state index is 0.656. The Morgan fingerprint density at radius 1 is 0.236 bits per heavy atom. The van der Waals surface area contributed by atoms with Crippen LogP contribution in [-0.4, -0.2) is 15.0 Å². The Hall–Kier alpha value is -7.01. The molecule has 11 aromatic rings. The minimum Gasteiger partial charge on any atom is -0.208 e. The molecular formula is C51H31N3S. The lowest BCUT2D eigenvalue weighted by molar-refractivity contribution is 1.07. The van der Waals surface area contributed by atoms with Gasteiger partial charge in [0, 0.05) is 36.9 Å². The van der Waals surface area contributed by atoms with E-state index in [1.54, 1.807) is 0 Å². The van der Waals surface area contributed by atoms with Crippen molar-refractivity contribution >= 4 is 63.8 Å². The first kappa shape index (κ1) is 31.5. The first-order valence-electron chi connectivity index (χ1n) is 18.5. The first-order chi connectivity index (χ1) is 27.2. The van der Waals surface area contributed by atoms with Gasteiger partial charge in [0.1, 0.15) is 0 Å². The molecule has 0 atom stereocenters. The van der Waals surface area contributed by atoms with Gasteiger partial charge >= 0.3 is 0 Å². The van der Waals surface area contributed by atoms with Crippen molar-refractivity contribution in [1.29, 1.82) is 0 Å². The number of hydrogen-bond acceptors (Lipinski definition) is 4. The van der Waals surface area contributed by atoms with E-state index in [-0.39, 0.29) is 0 Å². The van der Waals surface area contributed by atoms with Crippen LogP contribution < -0.4 is 0 Å². The lowest BCUT2D eigenvalue weighted by atomic mass is 9.92. The summed E-state index contributed by atoms with van der Waals surface area (Å²) in [5, 5.41) is 10.4. The summed E-state index contributed by atoms with van der Waals surface area (Å²) in [6.45, 7) is 0. The molecule has 11 rings (SSSR count). The Balaban J connectivity index is 0.945. The van der Waals surface area contributed by atoms with Gasteiger partial charge in [-0.1, -0.05) is 164 Å². The first-order valence-corrected chi connectivity index (χ1v) is 19.3. The fourth-order valence-corrected chi connectivity index (χ4v) is 9.10. The number of fused-ring (bicyclic) bond motifs is 9. The highest BCUT2D eigenvalue weighted by molar-refractivity contribution is 7.25. The van der Waals surface area contributed by atoms with Crippen LogP contribution in [0.1, 0.15) is 0 Å². The van der Waals surface area contributed by atoms with E-state index in [9.17, 15) is 0 Å². The van der Waals surface area contributed by atoms with E-state index in [1.165, 1.54) is 69.2 Å². The predicted octanol–water partition coefficient (Wildman–Crippen LogP) is 14.0. The van der Waals surface area contributed by atoms with Crippen molar-refractivity contribution < 1.29 is 0 Å². The minimum atomic E-state index is 0.656. The summed E-state index contributed by atoms with van der Waals surface area (Å²) < 4.78 is 2.57. The molecule has 4 heteroatoms. The van der Waals surface area contributed by atoms with E-state index in [0.717, 1.165) is 22.3 Å². The van der Waals surface area contributed by atoms with Gasteiger partial charge in [0.05, 0.1) is 0 Å². The lowest BCUT2D eigenvalue weighted by Gasteiger charge is -2.12. The van der Waals surface area contributed by atoms with E-state index >= 15 is 0 Å². The second-order valence-electron chi connectivity index (χ2n) is 14.0. The van der Waals surface area contributed by atoms with Crippen LogP contribution in [0.25, 0.3) is 109 Å². The smallest absolute Gasteiger partial charge is 0.164 e. The van der Waals surface area contributed by atoms with E-state index in [1.807, 2.05) is 72.0 Å². The second-order valence-corrected chi connectivity index (χ2v) is 15.1. The summed E-state index contributed by atoms with van der Waals surface area (Å²) in [7, 11) is 0. The van der Waals surface area contributed by atoms with E-state index in [4.69, 9.17) is 15.0 Å². The zero-order valence-corrected chi connectivity index (χ0v) is 30.5. The number of aromatic nitrogens is 3. The number of nitrogens with zero attached hydrogens (tertiary/aromatic N) is 3. The summed E-state index contributed by atoms with van der Waals surface area (Å²) in [6, 6.07) is 67.1. The molecule has 0 aliphatic carbocycles. The average Bonchev–Trinajstić information content (AvgIpc) is 3.64. The summed E-state index contributed by atoms with van der Waals surface area (Å²) in [5.74, 6) is 1.98. The van der Waals surface area contributed by atoms with Crippen molar-refractivity contribution in [2.75, 3.05) is 0 Å². The summed E-state index contributed by atoms with van der Waals surface area (Å²) >= 11 is 1.85. The topological polar surface area (TPSA) is 38.7 Å². The van der Waals surface area contributed by atoms with Crippen molar-refractivity contribution in [3.05, 3.63) is 188 Å². The molecule has 55 heavy (non-hydrogen) atoms. The summed E-state index contributed by atoms with van der Waals surface area (Å²) in [5.41, 5.74) is 7.67. The maximum Gasteiger partial charge on any atom is 0.164 e. The van der Waals surface area contributed by atoms with Crippen molar-refractivity contribution in [2.24, 2.45) is 0 Å². The summed E-state index contributed by atoms with van der Waals surface area (Å²) in [4.78, 5) is 14.7. The van der Waals surface area contributed by atoms with E-state index in [2.05, 4.69) is 127 Å². The fraction of sp³-hybridized carbons (Fsp3) is 0. The third kappa shape index (κ3) is 5.46. The molecule has 0 N–H and O–H groups in total. The van der Waals surface area contributed by atoms with Crippen LogP contribution in [0.15, 0.2) is 188 Å². The van der Waals surface area contributed by atoms with Gasteiger partial charge in [0.25, 0.3) is 0 Å². The highest BCUT2D eigenvalue weighted by Crippen LogP contribution is 2.41. The van der Waals surface area contributed by atoms with Crippen LogP contribution in [0, 0.1) is 0 Å². The highest BCUT2D eigenvalue weighted by Gasteiger charge is 2.14. The normalized spacial score (nSPS) is 11.6. The van der Waals surface area contributed by atoms with Gasteiger partial charge in [0.15, 0.2) is 17.5 Å². The van der Waals surface area contributed by atoms with Crippen LogP contribution >= 0.6 is 11.3 Å². The lowest BCUT2D eigenvalue weighted by Crippen LogP contribution is -2.00. The van der Waals surface area contributed by atoms with Gasteiger partial charge in [-0.3, -0.25) is 0 Å². The quantitative estimate of drug-likeness (QED) is 0.166. The Morgan fingerprint density at radius 3 is 1.18 bits per heavy atom. The van der Waals surface area contributed by atoms with Crippen LogP contribution in [0.5, 0.6) is 0 Å². The maximum absolute atomic E-state index is 4.92. The molecule has 256 valence electrons. The molecule has 0 fully saturated rings. The molecule has 0 unspecified atom stereocenters. The number of rotatable bonds is 5. The molecular weight excluding hydrogens is 687 g/mol. The molecule has 0 saturated carbocycles. The number of benzene rings is 9. The molecule has 0 aliphatic heterocycles. The van der Waals surface area contributed by atoms with Crippen molar-refractivity contribution in [3.8, 4) is 56.4 Å². The van der Waals surface area contributed by atoms with Crippen molar-refractivity contribution in [1.82, 2.24) is 15.0 Å². The third-order valence-electron chi connectivity index (χ3n) is 10.7. The monoisotopic (exact) mass is 717 g/mol. The predicted molar refractivity (Wildman–Crippen MR) is 232 cm³/mol. The summed E-state index contributed by atoms with van der Waals surface area (Å²) in [6.07, 6.45) is 0. The van der Waals surface area contributed by atoms with Crippen molar-refractivity contribution in [2.45, 2.75) is 0 Å². The van der Waals surface area contributed by atoms with Gasteiger partial charge in [-0.05, 0) is 78.8 Å². The molecule has 2 aromatic heterocycles. The largest absolute Gasteiger partial charge is 0.208 e. The zero-order chi connectivity index (χ0) is 36.3. The molecule has 0 radical (unpaired) electrons. The van der Waals surface area contributed by atoms with Gasteiger partial charge in [-0.15, -0.1) is 11.3 Å². The molecule has 0 spiro atoms. The van der Waals surface area contributed by atoms with Crippen LogP contribution in [0.4, 0.5) is 0 Å². The molecule has 0 aliphatic rings. The zero-order valence-electron chi connectivity index (χ0n) is 29.6. The van der Waals surface area contributed by atoms with E-state index < -0.39 is 0 Å². The van der Waals surface area contributed by atoms with Crippen molar-refractivity contribution in [3.63, 3.8) is 0 Å². The van der Waals surface area contributed by atoms with Crippen LogP contribution in [0.3, 0.4) is 0 Å². The standard InChI is InChI=1S/C51H31N3S/c1-3-11-33(12-4-1)49-52-50(34-13-5-2-6-14-34)54-51(53-49)35-21-19-32(20-22-35)38-24-27-44-46-30-37(25-28-47(46)55-48(44)31-38)36-23-26-43-41-17-8-7-15-39(41)40-16-9-10-18-42(40)45(43)29-36/h1-31H. The molecule has 9 aromatic carbocycles. The Kier molecular flexibility index (Phi) is 7.35. The third-order valence-corrected chi connectivity index (χ3v) is 11.9. The number of hydrogen-bond donors (Lipinski definition) is 0. The highest BCUT2D eigenvalue weighted by atomic mass is 32.1. The molecule has 3 nitrogen and oxygen atoms in total. The maximum atomic E-state index is 4.92. The van der Waals surface area contributed by atoms with Gasteiger partial charge < -0.3 is 0 Å². The van der Waals surface area contributed by atoms with E-state index in [0.29, 0.717) is 17.5 Å². The average molecular weight is 718 g/mol. The Labute approximate surface area is 321 Å². The SMILES string of the molecule is c1ccc(-c2nc(-c3ccccc3)nc(-c3ccc(-c4ccc5c(c4)sc4ccc(-c6ccc7c8ccccc8c8ccccc8c7c6)cc45)cc3)n2)cc1. The van der Waals surface area contributed by atoms with Gasteiger partial charge in [0.2, 0.25) is 0 Å². The fourth-order valence-electron chi connectivity index (χ4n) is 7.97. The number of thiophene rings is 1.